The molecule has 0 amide bonds. The number of benzene rings is 1. The minimum absolute atomic E-state index is 0.0361. The van der Waals surface area contributed by atoms with E-state index in [0.29, 0.717) is 30.2 Å². The van der Waals surface area contributed by atoms with E-state index in [2.05, 4.69) is 33.4 Å². The van der Waals surface area contributed by atoms with Gasteiger partial charge in [0.25, 0.3) is 5.56 Å². The molecule has 35 heavy (non-hydrogen) atoms. The number of nitrogens with two attached hydrogens (primary N) is 1. The lowest BCUT2D eigenvalue weighted by atomic mass is 10.1. The number of rotatable bonds is 7. The van der Waals surface area contributed by atoms with Crippen molar-refractivity contribution in [3.8, 4) is 11.8 Å². The summed E-state index contributed by atoms with van der Waals surface area (Å²) in [5, 5.41) is 0. The molecule has 0 bridgehead atoms. The second-order valence-electron chi connectivity index (χ2n) is 8.50. The first-order valence-electron chi connectivity index (χ1n) is 11.6. The molecule has 0 aliphatic carbocycles. The van der Waals surface area contributed by atoms with E-state index in [1.807, 2.05) is 24.3 Å². The summed E-state index contributed by atoms with van der Waals surface area (Å²) in [7, 11) is 1.63. The fourth-order valence-corrected chi connectivity index (χ4v) is 4.36. The number of nitrogens with zero attached hydrogens (tertiary/aromatic N) is 7. The van der Waals surface area contributed by atoms with Crippen LogP contribution in [0.2, 0.25) is 0 Å². The zero-order valence-electron chi connectivity index (χ0n) is 20.1. The quantitative estimate of drug-likeness (QED) is 0.409. The van der Waals surface area contributed by atoms with Gasteiger partial charge in [-0.2, -0.15) is 4.98 Å². The highest BCUT2D eigenvalue weighted by Crippen LogP contribution is 2.22. The van der Waals surface area contributed by atoms with E-state index < -0.39 is 11.2 Å². The fourth-order valence-electron chi connectivity index (χ4n) is 4.36. The zero-order chi connectivity index (χ0) is 24.9. The Kier molecular flexibility index (Phi) is 7.27. The van der Waals surface area contributed by atoms with Crippen molar-refractivity contribution in [1.29, 1.82) is 0 Å². The molecule has 1 aliphatic heterocycles. The average Bonchev–Trinajstić information content (AvgIpc) is 3.25. The van der Waals surface area contributed by atoms with Gasteiger partial charge >= 0.3 is 5.69 Å². The van der Waals surface area contributed by atoms with Gasteiger partial charge in [0.15, 0.2) is 11.2 Å². The molecule has 1 fully saturated rings. The summed E-state index contributed by atoms with van der Waals surface area (Å²) in [6.07, 6.45) is 3.57. The van der Waals surface area contributed by atoms with E-state index in [0.717, 1.165) is 30.6 Å². The Labute approximate surface area is 203 Å². The minimum Gasteiger partial charge on any atom is -0.341 e. The van der Waals surface area contributed by atoms with E-state index in [1.165, 1.54) is 9.13 Å². The number of aliphatic imine (C=N–C) groups is 2. The lowest BCUT2D eigenvalue weighted by Gasteiger charge is -2.31. The number of imidazole rings is 1. The maximum atomic E-state index is 13.5. The molecule has 1 saturated heterocycles. The van der Waals surface area contributed by atoms with Crippen LogP contribution in [0.15, 0.2) is 43.8 Å². The standard InChI is InChI=1S/C25H30N8O2/c1-4-5-14-32-21-22(29-24(32)31-13-8-10-19(26)17-31)30(3)25(35)33(23(21)34)15-12-28-16-18-9-6-7-11-20(18)27-2/h6-7,9,11,16,19H,2,8,10,12-15,17,26H2,1,3H3. The van der Waals surface area contributed by atoms with Gasteiger partial charge in [-0.05, 0) is 32.5 Å². The Morgan fingerprint density at radius 3 is 2.83 bits per heavy atom. The van der Waals surface area contributed by atoms with Gasteiger partial charge in [0.2, 0.25) is 5.95 Å². The molecule has 0 saturated carbocycles. The molecular formula is C25H30N8O2. The second-order valence-corrected chi connectivity index (χ2v) is 8.50. The van der Waals surface area contributed by atoms with Gasteiger partial charge < -0.3 is 10.6 Å². The summed E-state index contributed by atoms with van der Waals surface area (Å²) in [6.45, 7) is 7.43. The van der Waals surface area contributed by atoms with Crippen LogP contribution in [-0.4, -0.2) is 57.3 Å². The molecule has 1 unspecified atom stereocenters. The topological polar surface area (TPSA) is 116 Å². The maximum absolute atomic E-state index is 13.5. The minimum atomic E-state index is -0.432. The van der Waals surface area contributed by atoms with Crippen LogP contribution in [0.1, 0.15) is 25.3 Å². The van der Waals surface area contributed by atoms with Crippen molar-refractivity contribution >= 4 is 35.7 Å². The van der Waals surface area contributed by atoms with Gasteiger partial charge in [-0.1, -0.05) is 24.1 Å². The number of piperidine rings is 1. The Bertz CT molecular complexity index is 1450. The number of aromatic nitrogens is 4. The average molecular weight is 475 g/mol. The van der Waals surface area contributed by atoms with E-state index in [4.69, 9.17) is 10.7 Å². The van der Waals surface area contributed by atoms with Gasteiger partial charge in [0, 0.05) is 38.0 Å². The zero-order valence-corrected chi connectivity index (χ0v) is 20.1. The Hall–Kier alpha value is -3.97. The lowest BCUT2D eigenvalue weighted by Crippen LogP contribution is -2.44. The number of fused-ring (bicyclic) bond motifs is 1. The lowest BCUT2D eigenvalue weighted by molar-refractivity contribution is 0.496. The molecule has 182 valence electrons. The predicted molar refractivity (Wildman–Crippen MR) is 140 cm³/mol. The first-order chi connectivity index (χ1) is 17.0. The van der Waals surface area contributed by atoms with E-state index in [9.17, 15) is 9.59 Å². The third kappa shape index (κ3) is 4.81. The number of hydrogen-bond acceptors (Lipinski definition) is 7. The van der Waals surface area contributed by atoms with Crippen LogP contribution in [0.3, 0.4) is 0 Å². The van der Waals surface area contributed by atoms with Crippen LogP contribution in [0.5, 0.6) is 0 Å². The Morgan fingerprint density at radius 2 is 2.09 bits per heavy atom. The summed E-state index contributed by atoms with van der Waals surface area (Å²) < 4.78 is 4.43. The molecule has 2 aromatic heterocycles. The maximum Gasteiger partial charge on any atom is 0.332 e. The molecule has 3 heterocycles. The van der Waals surface area contributed by atoms with Gasteiger partial charge in [0.05, 0.1) is 25.3 Å². The molecule has 0 spiro atoms. The molecule has 3 aromatic rings. The molecular weight excluding hydrogens is 444 g/mol. The summed E-state index contributed by atoms with van der Waals surface area (Å²) in [5.41, 5.74) is 7.60. The van der Waals surface area contributed by atoms with Gasteiger partial charge in [0.1, 0.15) is 0 Å². The normalized spacial score (nSPS) is 16.0. The van der Waals surface area contributed by atoms with Crippen molar-refractivity contribution in [2.45, 2.75) is 38.9 Å². The van der Waals surface area contributed by atoms with Crippen LogP contribution in [-0.2, 0) is 20.1 Å². The van der Waals surface area contributed by atoms with Crippen LogP contribution >= 0.6 is 0 Å². The largest absolute Gasteiger partial charge is 0.341 e. The number of anilines is 1. The third-order valence-corrected chi connectivity index (χ3v) is 6.16. The Balaban J connectivity index is 1.72. The van der Waals surface area contributed by atoms with E-state index >= 15 is 0 Å². The van der Waals surface area contributed by atoms with Gasteiger partial charge in [-0.3, -0.25) is 28.5 Å². The highest BCUT2D eigenvalue weighted by molar-refractivity contribution is 5.87. The van der Waals surface area contributed by atoms with Crippen molar-refractivity contribution in [3.63, 3.8) is 0 Å². The first kappa shape index (κ1) is 24.2. The van der Waals surface area contributed by atoms with Crippen molar-refractivity contribution in [3.05, 3.63) is 50.7 Å². The highest BCUT2D eigenvalue weighted by atomic mass is 16.2. The molecule has 1 atom stereocenters. The molecule has 1 aromatic carbocycles. The SMILES string of the molecule is C=Nc1ccccc1C=NCCn1c(=O)c2c(nc(N3CCCC(N)C3)n2CC#CC)n(C)c1=O. The highest BCUT2D eigenvalue weighted by Gasteiger charge is 2.26. The molecule has 1 aliphatic rings. The fraction of sp³-hybridized carbons (Fsp3) is 0.400. The van der Waals surface area contributed by atoms with Gasteiger partial charge in [-0.15, -0.1) is 5.92 Å². The van der Waals surface area contributed by atoms with E-state index in [1.54, 1.807) is 24.8 Å². The number of hydrogen-bond donors (Lipinski definition) is 1. The molecule has 4 rings (SSSR count). The van der Waals surface area contributed by atoms with Crippen molar-refractivity contribution in [2.75, 3.05) is 24.5 Å². The number of aryl methyl sites for hydroxylation is 1. The Morgan fingerprint density at radius 1 is 1.29 bits per heavy atom. The second kappa shape index (κ2) is 10.5. The van der Waals surface area contributed by atoms with Crippen LogP contribution in [0, 0.1) is 11.8 Å². The van der Waals surface area contributed by atoms with Gasteiger partial charge in [-0.25, -0.2) is 4.79 Å². The summed E-state index contributed by atoms with van der Waals surface area (Å²) in [6, 6.07) is 7.52. The van der Waals surface area contributed by atoms with Crippen molar-refractivity contribution in [2.24, 2.45) is 22.8 Å². The summed E-state index contributed by atoms with van der Waals surface area (Å²) in [4.78, 5) is 41.8. The molecule has 10 heteroatoms. The predicted octanol–water partition coefficient (Wildman–Crippen LogP) is 1.30. The van der Waals surface area contributed by atoms with Crippen LogP contribution in [0.4, 0.5) is 11.6 Å². The first-order valence-corrected chi connectivity index (χ1v) is 11.6. The molecule has 0 radical (unpaired) electrons. The van der Waals surface area contributed by atoms with Crippen LogP contribution in [0.25, 0.3) is 11.2 Å². The smallest absolute Gasteiger partial charge is 0.332 e. The monoisotopic (exact) mass is 474 g/mol. The van der Waals surface area contributed by atoms with E-state index in [-0.39, 0.29) is 19.1 Å². The molecule has 2 N–H and O–H groups in total. The summed E-state index contributed by atoms with van der Waals surface area (Å²) in [5.74, 6) is 6.54. The third-order valence-electron chi connectivity index (χ3n) is 6.16. The molecule has 10 nitrogen and oxygen atoms in total. The van der Waals surface area contributed by atoms with Crippen molar-refractivity contribution < 1.29 is 0 Å². The van der Waals surface area contributed by atoms with Crippen LogP contribution < -0.4 is 21.9 Å². The number of para-hydroxylation sites is 1. The summed E-state index contributed by atoms with van der Waals surface area (Å²) >= 11 is 0. The van der Waals surface area contributed by atoms with Crippen molar-refractivity contribution in [1.82, 2.24) is 18.7 Å².